The first-order valence-electron chi connectivity index (χ1n) is 22.2. The smallest absolute Gasteiger partial charge is 0.251 e. The monoisotopic (exact) mass is 937 g/mol. The summed E-state index contributed by atoms with van der Waals surface area (Å²) in [5.74, 6) is -1.04. The molecule has 16 heteroatoms. The van der Waals surface area contributed by atoms with Crippen LogP contribution in [0.5, 0.6) is 5.75 Å². The summed E-state index contributed by atoms with van der Waals surface area (Å²) in [6, 6.07) is 19.7. The molecule has 3 aromatic carbocycles. The van der Waals surface area contributed by atoms with E-state index in [0.717, 1.165) is 21.7 Å². The molecule has 66 heavy (non-hydrogen) atoms. The van der Waals surface area contributed by atoms with Crippen LogP contribution < -0.4 is 26.0 Å². The largest absolute Gasteiger partial charge is 0.489 e. The van der Waals surface area contributed by atoms with E-state index in [9.17, 15) is 29.2 Å². The summed E-state index contributed by atoms with van der Waals surface area (Å²) < 4.78 is 11.9. The first kappa shape index (κ1) is 49.6. The lowest BCUT2D eigenvalue weighted by molar-refractivity contribution is -0.164. The Morgan fingerprint density at radius 3 is 2.23 bits per heavy atom. The topological polar surface area (TPSA) is 192 Å². The average Bonchev–Trinajstić information content (AvgIpc) is 3.96. The van der Waals surface area contributed by atoms with Gasteiger partial charge in [-0.3, -0.25) is 24.0 Å². The van der Waals surface area contributed by atoms with Gasteiger partial charge in [-0.15, -0.1) is 11.3 Å². The third-order valence-electron chi connectivity index (χ3n) is 12.5. The van der Waals surface area contributed by atoms with Crippen LogP contribution in [0.25, 0.3) is 10.4 Å². The van der Waals surface area contributed by atoms with Crippen molar-refractivity contribution in [1.82, 2.24) is 31.2 Å². The fraction of sp³-hybridized carbons (Fsp3) is 0.460. The second-order valence-corrected chi connectivity index (χ2v) is 20.5. The van der Waals surface area contributed by atoms with Gasteiger partial charge in [-0.25, -0.2) is 4.98 Å². The zero-order valence-corrected chi connectivity index (χ0v) is 40.5. The number of carbonyl (C=O) groups is 5. The molecule has 5 amide bonds. The SMILES string of the molecule is Cc1ncsc1-c1ccc(CNC(=O)[C@@H]2CCCN2C(=O)[C@@H](NC(=O)COCCCNC(=O)c2ccc(C(=O)NC3C(C)(C)C(Oc4ccc(C#N)c(Cl)c4)C3(C)C)cc2)C(C)(C)C)cc1. The van der Waals surface area contributed by atoms with E-state index in [1.54, 1.807) is 58.7 Å². The van der Waals surface area contributed by atoms with Gasteiger partial charge >= 0.3 is 0 Å². The fourth-order valence-corrected chi connectivity index (χ4v) is 10.2. The third kappa shape index (κ3) is 11.4. The highest BCUT2D eigenvalue weighted by Crippen LogP contribution is 2.55. The molecule has 14 nitrogen and oxygen atoms in total. The van der Waals surface area contributed by atoms with Crippen molar-refractivity contribution in [1.29, 1.82) is 5.26 Å². The van der Waals surface area contributed by atoms with Crippen LogP contribution in [0, 0.1) is 34.5 Å². The minimum absolute atomic E-state index is 0.184. The van der Waals surface area contributed by atoms with E-state index in [2.05, 4.69) is 26.3 Å². The molecule has 4 aromatic rings. The normalized spacial score (nSPS) is 18.8. The molecule has 1 aliphatic heterocycles. The lowest BCUT2D eigenvalue weighted by Crippen LogP contribution is -2.74. The number of rotatable bonds is 17. The second kappa shape index (κ2) is 20.8. The molecule has 1 aromatic heterocycles. The van der Waals surface area contributed by atoms with E-state index in [4.69, 9.17) is 21.1 Å². The van der Waals surface area contributed by atoms with Crippen molar-refractivity contribution >= 4 is 52.5 Å². The summed E-state index contributed by atoms with van der Waals surface area (Å²) in [4.78, 5) is 73.7. The van der Waals surface area contributed by atoms with E-state index in [1.807, 2.05) is 91.2 Å². The van der Waals surface area contributed by atoms with Gasteiger partial charge in [0, 0.05) is 60.3 Å². The molecule has 4 N–H and O–H groups in total. The van der Waals surface area contributed by atoms with Gasteiger partial charge in [0.15, 0.2) is 0 Å². The highest BCUT2D eigenvalue weighted by Gasteiger charge is 2.64. The number of halogens is 1. The van der Waals surface area contributed by atoms with E-state index in [0.29, 0.717) is 59.8 Å². The number of likely N-dealkylation sites (tertiary alicyclic amines) is 1. The highest BCUT2D eigenvalue weighted by molar-refractivity contribution is 7.13. The number of benzene rings is 3. The number of hydrogen-bond donors (Lipinski definition) is 4. The minimum Gasteiger partial charge on any atom is -0.489 e. The number of aromatic nitrogens is 1. The van der Waals surface area contributed by atoms with Gasteiger partial charge in [0.05, 0.1) is 26.7 Å². The maximum Gasteiger partial charge on any atom is 0.251 e. The summed E-state index contributed by atoms with van der Waals surface area (Å²) in [7, 11) is 0. The Balaban J connectivity index is 0.902. The van der Waals surface area contributed by atoms with Crippen LogP contribution in [0.3, 0.4) is 0 Å². The van der Waals surface area contributed by atoms with Crippen molar-refractivity contribution in [3.8, 4) is 22.3 Å². The molecule has 6 rings (SSSR count). The van der Waals surface area contributed by atoms with E-state index in [-0.39, 0.29) is 55.5 Å². The Labute approximate surface area is 396 Å². The number of carbonyl (C=O) groups excluding carboxylic acids is 5. The number of nitrogens with zero attached hydrogens (tertiary/aromatic N) is 3. The Hall–Kier alpha value is -5.82. The molecule has 1 saturated heterocycles. The Bertz CT molecular complexity index is 2440. The maximum absolute atomic E-state index is 13.9. The lowest BCUT2D eigenvalue weighted by atomic mass is 9.49. The molecule has 1 aliphatic carbocycles. The van der Waals surface area contributed by atoms with Crippen molar-refractivity contribution in [3.05, 3.63) is 105 Å². The highest BCUT2D eigenvalue weighted by atomic mass is 35.5. The number of ether oxygens (including phenoxy) is 2. The van der Waals surface area contributed by atoms with Crippen molar-refractivity contribution < 1.29 is 33.4 Å². The Morgan fingerprint density at radius 1 is 0.955 bits per heavy atom. The number of amides is 5. The predicted octanol–water partition coefficient (Wildman–Crippen LogP) is 7.23. The summed E-state index contributed by atoms with van der Waals surface area (Å²) in [6.07, 6.45) is 1.39. The van der Waals surface area contributed by atoms with E-state index >= 15 is 0 Å². The van der Waals surface area contributed by atoms with E-state index < -0.39 is 34.2 Å². The molecule has 0 unspecified atom stereocenters. The lowest BCUT2D eigenvalue weighted by Gasteiger charge is -2.63. The quantitative estimate of drug-likeness (QED) is 0.0791. The molecule has 1 saturated carbocycles. The number of nitrogens with one attached hydrogen (secondary N) is 4. The third-order valence-corrected chi connectivity index (χ3v) is 13.8. The number of hydrogen-bond acceptors (Lipinski definition) is 10. The molecule has 2 fully saturated rings. The minimum atomic E-state index is -0.882. The molecule has 0 radical (unpaired) electrons. The molecular weight excluding hydrogens is 878 g/mol. The van der Waals surface area contributed by atoms with Crippen LogP contribution in [0.15, 0.2) is 72.2 Å². The van der Waals surface area contributed by atoms with Crippen LogP contribution in [0.1, 0.15) is 105 Å². The van der Waals surface area contributed by atoms with Crippen molar-refractivity contribution in [2.75, 3.05) is 26.3 Å². The van der Waals surface area contributed by atoms with Gasteiger partial charge in [0.25, 0.3) is 11.8 Å². The van der Waals surface area contributed by atoms with Crippen LogP contribution in [0.2, 0.25) is 5.02 Å². The van der Waals surface area contributed by atoms with E-state index in [1.165, 1.54) is 0 Å². The number of aryl methyl sites for hydroxylation is 1. The van der Waals surface area contributed by atoms with Gasteiger partial charge in [-0.2, -0.15) is 5.26 Å². The first-order chi connectivity index (χ1) is 31.2. The van der Waals surface area contributed by atoms with Crippen LogP contribution in [-0.4, -0.2) is 90.0 Å². The maximum atomic E-state index is 13.9. The van der Waals surface area contributed by atoms with Gasteiger partial charge in [0.2, 0.25) is 17.7 Å². The zero-order chi connectivity index (χ0) is 48.0. The molecule has 2 aliphatic rings. The average molecular weight is 939 g/mol. The van der Waals surface area contributed by atoms with Gasteiger partial charge in [0.1, 0.15) is 36.6 Å². The molecule has 0 spiro atoms. The number of thiazole rings is 1. The van der Waals surface area contributed by atoms with Gasteiger partial charge in [-0.05, 0) is 79.1 Å². The second-order valence-electron chi connectivity index (χ2n) is 19.3. The molecule has 0 bridgehead atoms. The molecule has 2 heterocycles. The molecule has 350 valence electrons. The van der Waals surface area contributed by atoms with Crippen molar-refractivity contribution in [2.45, 2.75) is 105 Å². The molecule has 2 atom stereocenters. The Kier molecular flexibility index (Phi) is 15.6. The first-order valence-corrected chi connectivity index (χ1v) is 23.5. The fourth-order valence-electron chi connectivity index (χ4n) is 9.21. The Morgan fingerprint density at radius 2 is 1.62 bits per heavy atom. The van der Waals surface area contributed by atoms with Gasteiger partial charge < -0.3 is 35.6 Å². The van der Waals surface area contributed by atoms with Crippen molar-refractivity contribution in [3.63, 3.8) is 0 Å². The standard InChI is InChI=1S/C50H60ClN7O7S/c1-30-40(66-29-55-30)32-14-12-31(13-15-32)27-54-44(62)38-11-9-23-58(38)45(63)41(48(2,3)4)56-39(59)28-64-24-10-22-53-42(60)33-16-18-34(19-17-33)43(61)57-46-49(5,6)47(50(46,7)8)65-36-21-20-35(26-52)37(51)25-36/h12-21,25,29,38,41,46-47H,9-11,22-24,27-28H2,1-8H3,(H,53,60)(H,54,62)(H,56,59)(H,57,61)/t38-,41+,46?,47?/m0/s1. The molecular formula is C50H60ClN7O7S. The van der Waals surface area contributed by atoms with Gasteiger partial charge in [-0.1, -0.05) is 84.3 Å². The van der Waals surface area contributed by atoms with Crippen LogP contribution >= 0.6 is 22.9 Å². The summed E-state index contributed by atoms with van der Waals surface area (Å²) >= 11 is 7.81. The van der Waals surface area contributed by atoms with Crippen molar-refractivity contribution in [2.24, 2.45) is 16.2 Å². The summed E-state index contributed by atoms with van der Waals surface area (Å²) in [5.41, 5.74) is 4.46. The van der Waals surface area contributed by atoms with Crippen LogP contribution in [-0.2, 0) is 25.7 Å². The number of nitriles is 1. The summed E-state index contributed by atoms with van der Waals surface area (Å²) in [6.45, 7) is 16.6. The predicted molar refractivity (Wildman–Crippen MR) is 254 cm³/mol. The van der Waals surface area contributed by atoms with Crippen LogP contribution in [0.4, 0.5) is 0 Å². The summed E-state index contributed by atoms with van der Waals surface area (Å²) in [5, 5.41) is 21.4. The zero-order valence-electron chi connectivity index (χ0n) is 38.9.